The Kier molecular flexibility index (Phi) is 2.86. The lowest BCUT2D eigenvalue weighted by Gasteiger charge is -2.18. The van der Waals surface area contributed by atoms with Crippen LogP contribution in [0.5, 0.6) is 0 Å². The molecular formula is C6H12NO3S. The van der Waals surface area contributed by atoms with E-state index in [0.29, 0.717) is 0 Å². The molecule has 1 saturated carbocycles. The first-order valence-electron chi connectivity index (χ1n) is 3.77. The number of rotatable bonds is 2. The average Bonchev–Trinajstić information content (AvgIpc) is 1.85. The summed E-state index contributed by atoms with van der Waals surface area (Å²) in [4.78, 5) is 0. The largest absolute Gasteiger partial charge is 0.350 e. The Labute approximate surface area is 66.9 Å². The van der Waals surface area contributed by atoms with Crippen LogP contribution >= 0.6 is 0 Å². The molecule has 11 heavy (non-hydrogen) atoms. The van der Waals surface area contributed by atoms with Crippen molar-refractivity contribution in [2.45, 2.75) is 38.1 Å². The Hall–Kier alpha value is -0.130. The smallest absolute Gasteiger partial charge is 0.272 e. The van der Waals surface area contributed by atoms with Crippen molar-refractivity contribution in [2.75, 3.05) is 0 Å². The summed E-state index contributed by atoms with van der Waals surface area (Å²) < 4.78 is 32.2. The molecule has 0 aliphatic heterocycles. The highest BCUT2D eigenvalue weighted by Crippen LogP contribution is 2.18. The van der Waals surface area contributed by atoms with Gasteiger partial charge in [0.2, 0.25) is 0 Å². The van der Waals surface area contributed by atoms with E-state index in [1.165, 1.54) is 0 Å². The van der Waals surface area contributed by atoms with Crippen LogP contribution in [-0.2, 0) is 10.3 Å². The van der Waals surface area contributed by atoms with Gasteiger partial charge in [0.05, 0.1) is 0 Å². The molecule has 0 atom stereocenters. The normalized spacial score (nSPS) is 21.9. The van der Waals surface area contributed by atoms with E-state index >= 15 is 0 Å². The molecule has 1 fully saturated rings. The van der Waals surface area contributed by atoms with Gasteiger partial charge in [0.25, 0.3) is 0 Å². The van der Waals surface area contributed by atoms with E-state index in [1.807, 2.05) is 0 Å². The Morgan fingerprint density at radius 2 is 1.73 bits per heavy atom. The molecule has 0 unspecified atom stereocenters. The molecule has 0 amide bonds. The van der Waals surface area contributed by atoms with Crippen molar-refractivity contribution in [3.63, 3.8) is 0 Å². The van der Waals surface area contributed by atoms with Gasteiger partial charge < -0.3 is 0 Å². The van der Waals surface area contributed by atoms with Crippen LogP contribution in [0.1, 0.15) is 32.1 Å². The van der Waals surface area contributed by atoms with Crippen molar-refractivity contribution in [3.8, 4) is 0 Å². The average molecular weight is 178 g/mol. The second-order valence-electron chi connectivity index (χ2n) is 2.85. The standard InChI is InChI=1S/C6H12NO3S/c8-11(9,10)7-6-4-2-1-3-5-6/h6H,1-5H2,(H,8,9,10). The zero-order valence-corrected chi connectivity index (χ0v) is 7.05. The maximum atomic E-state index is 10.3. The molecule has 0 aromatic heterocycles. The Balaban J connectivity index is 2.36. The molecule has 1 radical (unpaired) electrons. The van der Waals surface area contributed by atoms with Crippen molar-refractivity contribution in [1.29, 1.82) is 0 Å². The highest BCUT2D eigenvalue weighted by atomic mass is 32.2. The SMILES string of the molecule is O=S(=O)(O)[N]C1CCCCC1. The summed E-state index contributed by atoms with van der Waals surface area (Å²) in [5.74, 6) is 0. The Bertz CT molecular complexity index is 206. The number of hydrogen-bond donors (Lipinski definition) is 1. The molecular weight excluding hydrogens is 166 g/mol. The fraction of sp³-hybridized carbons (Fsp3) is 1.00. The Morgan fingerprint density at radius 3 is 2.18 bits per heavy atom. The minimum Gasteiger partial charge on any atom is -0.272 e. The van der Waals surface area contributed by atoms with Gasteiger partial charge in [-0.05, 0) is 12.8 Å². The van der Waals surface area contributed by atoms with Crippen molar-refractivity contribution < 1.29 is 13.0 Å². The molecule has 65 valence electrons. The number of hydrogen-bond acceptors (Lipinski definition) is 2. The summed E-state index contributed by atoms with van der Waals surface area (Å²) >= 11 is 0. The van der Waals surface area contributed by atoms with Crippen molar-refractivity contribution in [3.05, 3.63) is 0 Å². The quantitative estimate of drug-likeness (QED) is 0.634. The van der Waals surface area contributed by atoms with E-state index in [1.54, 1.807) is 0 Å². The predicted molar refractivity (Wildman–Crippen MR) is 40.6 cm³/mol. The van der Waals surface area contributed by atoms with Crippen LogP contribution < -0.4 is 4.72 Å². The summed E-state index contributed by atoms with van der Waals surface area (Å²) in [6.07, 6.45) is 4.77. The van der Waals surface area contributed by atoms with Crippen molar-refractivity contribution >= 4 is 10.3 Å². The molecule has 0 heterocycles. The monoisotopic (exact) mass is 178 g/mol. The van der Waals surface area contributed by atoms with Gasteiger partial charge in [-0.2, -0.15) is 8.42 Å². The molecule has 0 aromatic rings. The van der Waals surface area contributed by atoms with Crippen LogP contribution in [0.25, 0.3) is 0 Å². The highest BCUT2D eigenvalue weighted by molar-refractivity contribution is 7.83. The molecule has 5 heteroatoms. The third kappa shape index (κ3) is 3.69. The lowest BCUT2D eigenvalue weighted by Crippen LogP contribution is -2.29. The topological polar surface area (TPSA) is 68.5 Å². The minimum atomic E-state index is -4.10. The van der Waals surface area contributed by atoms with Gasteiger partial charge in [-0.1, -0.05) is 24.0 Å². The van der Waals surface area contributed by atoms with Gasteiger partial charge >= 0.3 is 10.3 Å². The Morgan fingerprint density at radius 1 is 1.18 bits per heavy atom. The van der Waals surface area contributed by atoms with Crippen LogP contribution in [-0.4, -0.2) is 19.0 Å². The maximum Gasteiger partial charge on any atom is 0.350 e. The summed E-state index contributed by atoms with van der Waals surface area (Å²) in [6.45, 7) is 0. The second kappa shape index (κ2) is 3.51. The van der Waals surface area contributed by atoms with Crippen LogP contribution in [0.15, 0.2) is 0 Å². The van der Waals surface area contributed by atoms with Crippen LogP contribution in [0.4, 0.5) is 0 Å². The zero-order chi connectivity index (χ0) is 8.32. The molecule has 0 bridgehead atoms. The van der Waals surface area contributed by atoms with E-state index < -0.39 is 10.3 Å². The maximum absolute atomic E-state index is 10.3. The van der Waals surface area contributed by atoms with Gasteiger partial charge in [0.1, 0.15) is 0 Å². The predicted octanol–water partition coefficient (Wildman–Crippen LogP) is 0.726. The zero-order valence-electron chi connectivity index (χ0n) is 6.23. The summed E-state index contributed by atoms with van der Waals surface area (Å²) in [7, 11) is -4.10. The number of nitrogens with zero attached hydrogens (tertiary/aromatic N) is 1. The lowest BCUT2D eigenvalue weighted by molar-refractivity contribution is 0.385. The first kappa shape index (κ1) is 8.96. The first-order chi connectivity index (χ1) is 5.08. The third-order valence-electron chi connectivity index (χ3n) is 1.86. The van der Waals surface area contributed by atoms with E-state index in [0.717, 1.165) is 32.1 Å². The van der Waals surface area contributed by atoms with E-state index in [-0.39, 0.29) is 6.04 Å². The molecule has 0 saturated heterocycles. The van der Waals surface area contributed by atoms with Crippen LogP contribution in [0.2, 0.25) is 0 Å². The molecule has 0 spiro atoms. The molecule has 1 aliphatic rings. The molecule has 4 nitrogen and oxygen atoms in total. The molecule has 0 aromatic carbocycles. The molecule has 1 N–H and O–H groups in total. The highest BCUT2D eigenvalue weighted by Gasteiger charge is 2.19. The summed E-state index contributed by atoms with van der Waals surface area (Å²) in [5.41, 5.74) is 0. The van der Waals surface area contributed by atoms with Gasteiger partial charge in [-0.15, -0.1) is 0 Å². The lowest BCUT2D eigenvalue weighted by atomic mass is 9.96. The van der Waals surface area contributed by atoms with E-state index in [9.17, 15) is 8.42 Å². The van der Waals surface area contributed by atoms with Crippen LogP contribution in [0.3, 0.4) is 0 Å². The fourth-order valence-corrected chi connectivity index (χ4v) is 1.96. The van der Waals surface area contributed by atoms with Gasteiger partial charge in [-0.3, -0.25) is 4.55 Å². The van der Waals surface area contributed by atoms with Gasteiger partial charge in [0, 0.05) is 6.04 Å². The van der Waals surface area contributed by atoms with Gasteiger partial charge in [0.15, 0.2) is 0 Å². The molecule has 1 aliphatic carbocycles. The summed E-state index contributed by atoms with van der Waals surface area (Å²) in [5, 5.41) is 0. The van der Waals surface area contributed by atoms with Gasteiger partial charge in [-0.25, -0.2) is 0 Å². The second-order valence-corrected chi connectivity index (χ2v) is 3.95. The third-order valence-corrected chi connectivity index (χ3v) is 2.42. The van der Waals surface area contributed by atoms with Crippen molar-refractivity contribution in [1.82, 2.24) is 4.72 Å². The van der Waals surface area contributed by atoms with Crippen LogP contribution in [0, 0.1) is 0 Å². The van der Waals surface area contributed by atoms with E-state index in [4.69, 9.17) is 4.55 Å². The van der Waals surface area contributed by atoms with Crippen molar-refractivity contribution in [2.24, 2.45) is 0 Å². The minimum absolute atomic E-state index is 0.168. The fourth-order valence-electron chi connectivity index (χ4n) is 1.37. The summed E-state index contributed by atoms with van der Waals surface area (Å²) in [6, 6.07) is -0.168. The first-order valence-corrected chi connectivity index (χ1v) is 5.17. The van der Waals surface area contributed by atoms with E-state index in [2.05, 4.69) is 4.72 Å². The molecule has 1 rings (SSSR count).